The summed E-state index contributed by atoms with van der Waals surface area (Å²) in [5, 5.41) is 11.8. The molecule has 9 nitrogen and oxygen atoms in total. The van der Waals surface area contributed by atoms with Gasteiger partial charge < -0.3 is 19.5 Å². The predicted octanol–water partition coefficient (Wildman–Crippen LogP) is 2.65. The maximum Gasteiger partial charge on any atom is 0.302 e. The van der Waals surface area contributed by atoms with Crippen molar-refractivity contribution in [1.29, 1.82) is 0 Å². The van der Waals surface area contributed by atoms with E-state index < -0.39 is 11.3 Å². The fraction of sp³-hybridized carbons (Fsp3) is 0.333. The van der Waals surface area contributed by atoms with Crippen LogP contribution in [0.25, 0.3) is 16.5 Å². The molecule has 0 radical (unpaired) electrons. The summed E-state index contributed by atoms with van der Waals surface area (Å²) in [4.78, 5) is 39.6. The van der Waals surface area contributed by atoms with E-state index in [0.29, 0.717) is 24.5 Å². The summed E-state index contributed by atoms with van der Waals surface area (Å²) in [5.74, 6) is -0.209. The normalized spacial score (nSPS) is 14.7. The second-order valence-corrected chi connectivity index (χ2v) is 10.3. The van der Waals surface area contributed by atoms with Crippen LogP contribution in [0.3, 0.4) is 0 Å². The van der Waals surface area contributed by atoms with Gasteiger partial charge in [-0.15, -0.1) is 11.3 Å². The van der Waals surface area contributed by atoms with Crippen LogP contribution >= 0.6 is 22.9 Å². The number of likely N-dealkylation sites (N-methyl/N-ethyl adjacent to an activating group) is 1. The molecule has 0 aliphatic carbocycles. The minimum absolute atomic E-state index is 0.0325. The van der Waals surface area contributed by atoms with Crippen LogP contribution in [-0.4, -0.2) is 73.0 Å². The van der Waals surface area contributed by atoms with Crippen LogP contribution in [0, 0.1) is 6.92 Å². The molecule has 1 N–H and O–H groups in total. The smallest absolute Gasteiger partial charge is 0.302 e. The Morgan fingerprint density at radius 3 is 2.71 bits per heavy atom. The number of imidazole rings is 1. The van der Waals surface area contributed by atoms with Gasteiger partial charge in [0.15, 0.2) is 5.69 Å². The number of piperazine rings is 1. The van der Waals surface area contributed by atoms with Crippen LogP contribution in [0.4, 0.5) is 0 Å². The summed E-state index contributed by atoms with van der Waals surface area (Å²) in [7, 11) is 2.03. The highest BCUT2D eigenvalue weighted by molar-refractivity contribution is 7.15. The zero-order valence-electron chi connectivity index (χ0n) is 19.4. The number of nitrogens with zero attached hydrogens (tertiary/aromatic N) is 6. The standard InChI is InChI=1S/C24H25ClN6O3S/c1-15-11-16(3-4-18(15)25)12-17-13-26-22(35-17)20-21(33)23(34)31-10-9-30(24(31)27-20)14-19(32)29-7-5-28(2)6-8-29/h3-4,9-11,13,33H,5-8,12,14H2,1-2H3. The van der Waals surface area contributed by atoms with Gasteiger partial charge in [0.05, 0.1) is 0 Å². The van der Waals surface area contributed by atoms with Gasteiger partial charge in [-0.1, -0.05) is 23.7 Å². The molecule has 11 heteroatoms. The Morgan fingerprint density at radius 2 is 1.97 bits per heavy atom. The number of hydrogen-bond donors (Lipinski definition) is 1. The summed E-state index contributed by atoms with van der Waals surface area (Å²) in [6.45, 7) is 5.02. The number of halogens is 1. The van der Waals surface area contributed by atoms with Crippen molar-refractivity contribution in [1.82, 2.24) is 28.7 Å². The van der Waals surface area contributed by atoms with E-state index >= 15 is 0 Å². The lowest BCUT2D eigenvalue weighted by Gasteiger charge is -2.32. The molecule has 0 bridgehead atoms. The van der Waals surface area contributed by atoms with E-state index in [1.165, 1.54) is 21.9 Å². The minimum atomic E-state index is -0.596. The van der Waals surface area contributed by atoms with E-state index in [9.17, 15) is 14.7 Å². The third-order valence-electron chi connectivity index (χ3n) is 6.24. The number of amides is 1. The topological polar surface area (TPSA) is 96.0 Å². The lowest BCUT2D eigenvalue weighted by atomic mass is 10.1. The third-order valence-corrected chi connectivity index (χ3v) is 7.67. The molecule has 1 fully saturated rings. The summed E-state index contributed by atoms with van der Waals surface area (Å²) in [6, 6.07) is 5.86. The number of benzene rings is 1. The van der Waals surface area contributed by atoms with Crippen molar-refractivity contribution in [3.8, 4) is 16.5 Å². The van der Waals surface area contributed by atoms with Crippen molar-refractivity contribution in [2.45, 2.75) is 19.9 Å². The van der Waals surface area contributed by atoms with Gasteiger partial charge in [0.1, 0.15) is 11.6 Å². The number of rotatable bonds is 5. The Hall–Kier alpha value is -3.21. The van der Waals surface area contributed by atoms with Crippen LogP contribution in [0.15, 0.2) is 41.6 Å². The highest BCUT2D eigenvalue weighted by Crippen LogP contribution is 2.30. The van der Waals surface area contributed by atoms with E-state index in [4.69, 9.17) is 11.6 Å². The second kappa shape index (κ2) is 9.44. The lowest BCUT2D eigenvalue weighted by Crippen LogP contribution is -2.48. The molecular weight excluding hydrogens is 488 g/mol. The Bertz CT molecular complexity index is 1470. The molecule has 182 valence electrons. The quantitative estimate of drug-likeness (QED) is 0.441. The molecule has 1 aliphatic heterocycles. The van der Waals surface area contributed by atoms with Crippen molar-refractivity contribution in [2.24, 2.45) is 0 Å². The van der Waals surface area contributed by atoms with Gasteiger partial charge >= 0.3 is 5.56 Å². The Morgan fingerprint density at radius 1 is 1.20 bits per heavy atom. The number of hydrogen-bond acceptors (Lipinski definition) is 7. The highest BCUT2D eigenvalue weighted by Gasteiger charge is 2.22. The van der Waals surface area contributed by atoms with Crippen molar-refractivity contribution >= 4 is 34.6 Å². The monoisotopic (exact) mass is 512 g/mol. The average Bonchev–Trinajstić information content (AvgIpc) is 3.46. The summed E-state index contributed by atoms with van der Waals surface area (Å²) in [5.41, 5.74) is 1.61. The molecule has 1 amide bonds. The Kier molecular flexibility index (Phi) is 6.35. The number of aryl methyl sites for hydroxylation is 1. The number of aromatic nitrogens is 4. The molecule has 4 heterocycles. The van der Waals surface area contributed by atoms with Crippen molar-refractivity contribution in [3.63, 3.8) is 0 Å². The predicted molar refractivity (Wildman–Crippen MR) is 135 cm³/mol. The van der Waals surface area contributed by atoms with E-state index in [1.54, 1.807) is 17.0 Å². The fourth-order valence-corrected chi connectivity index (χ4v) is 5.21. The molecule has 4 aromatic rings. The van der Waals surface area contributed by atoms with Crippen molar-refractivity contribution in [3.05, 3.63) is 68.2 Å². The van der Waals surface area contributed by atoms with Crippen LogP contribution in [0.5, 0.6) is 5.75 Å². The molecule has 0 unspecified atom stereocenters. The van der Waals surface area contributed by atoms with Crippen molar-refractivity contribution in [2.75, 3.05) is 33.2 Å². The van der Waals surface area contributed by atoms with Gasteiger partial charge in [0, 0.05) is 61.1 Å². The SMILES string of the molecule is Cc1cc(Cc2cnc(-c3nc4n(CC(=O)N5CCN(C)CC5)ccn4c(=O)c3O)s2)ccc1Cl. The molecular formula is C24H25ClN6O3S. The van der Waals surface area contributed by atoms with Gasteiger partial charge in [0.2, 0.25) is 17.4 Å². The zero-order chi connectivity index (χ0) is 24.7. The Labute approximate surface area is 210 Å². The third kappa shape index (κ3) is 4.69. The molecule has 0 atom stereocenters. The lowest BCUT2D eigenvalue weighted by molar-refractivity contribution is -0.133. The second-order valence-electron chi connectivity index (χ2n) is 8.79. The van der Waals surface area contributed by atoms with Crippen LogP contribution in [0.2, 0.25) is 5.02 Å². The molecule has 35 heavy (non-hydrogen) atoms. The van der Waals surface area contributed by atoms with E-state index in [-0.39, 0.29) is 23.9 Å². The minimum Gasteiger partial charge on any atom is -0.501 e. The maximum atomic E-state index is 12.8. The summed E-state index contributed by atoms with van der Waals surface area (Å²) < 4.78 is 2.89. The first kappa shape index (κ1) is 23.5. The molecule has 1 aliphatic rings. The molecule has 5 rings (SSSR count). The molecule has 0 saturated carbocycles. The van der Waals surface area contributed by atoms with Gasteiger partial charge in [0.25, 0.3) is 0 Å². The van der Waals surface area contributed by atoms with Gasteiger partial charge in [-0.2, -0.15) is 0 Å². The van der Waals surface area contributed by atoms with Gasteiger partial charge in [-0.05, 0) is 31.2 Å². The summed E-state index contributed by atoms with van der Waals surface area (Å²) >= 11 is 7.49. The van der Waals surface area contributed by atoms with Crippen LogP contribution in [-0.2, 0) is 17.8 Å². The first-order chi connectivity index (χ1) is 16.8. The number of carbonyl (C=O) groups excluding carboxylic acids is 1. The molecule has 1 aromatic carbocycles. The molecule has 0 spiro atoms. The van der Waals surface area contributed by atoms with E-state index in [1.807, 2.05) is 37.1 Å². The average molecular weight is 513 g/mol. The zero-order valence-corrected chi connectivity index (χ0v) is 21.0. The van der Waals surface area contributed by atoms with Gasteiger partial charge in [-0.3, -0.25) is 9.59 Å². The number of thiazole rings is 1. The largest absolute Gasteiger partial charge is 0.501 e. The first-order valence-corrected chi connectivity index (χ1v) is 12.5. The van der Waals surface area contributed by atoms with Gasteiger partial charge in [-0.25, -0.2) is 14.4 Å². The number of carbonyl (C=O) groups is 1. The maximum absolute atomic E-state index is 12.8. The van der Waals surface area contributed by atoms with Crippen molar-refractivity contribution < 1.29 is 9.90 Å². The van der Waals surface area contributed by atoms with E-state index in [0.717, 1.165) is 34.1 Å². The Balaban J connectivity index is 1.43. The molecule has 3 aromatic heterocycles. The van der Waals surface area contributed by atoms with Crippen LogP contribution in [0.1, 0.15) is 16.0 Å². The highest BCUT2D eigenvalue weighted by atomic mass is 35.5. The molecule has 1 saturated heterocycles. The fourth-order valence-electron chi connectivity index (χ4n) is 4.15. The first-order valence-electron chi connectivity index (χ1n) is 11.3. The summed E-state index contributed by atoms with van der Waals surface area (Å²) in [6.07, 6.45) is 5.52. The van der Waals surface area contributed by atoms with Crippen LogP contribution < -0.4 is 5.56 Å². The van der Waals surface area contributed by atoms with E-state index in [2.05, 4.69) is 14.9 Å². The number of aromatic hydroxyl groups is 1. The number of fused-ring (bicyclic) bond motifs is 1.